The molecule has 0 spiro atoms. The molecule has 7 heteroatoms. The van der Waals surface area contributed by atoms with Crippen LogP contribution in [0.25, 0.3) is 20.7 Å². The summed E-state index contributed by atoms with van der Waals surface area (Å²) in [6.07, 6.45) is 1.77. The molecule has 0 fully saturated rings. The number of fused-ring (bicyclic) bond motifs is 1. The van der Waals surface area contributed by atoms with Crippen LogP contribution < -0.4 is 10.6 Å². The first-order chi connectivity index (χ1) is 14.2. The highest BCUT2D eigenvalue weighted by atomic mass is 32.1. The first kappa shape index (κ1) is 19.0. The molecule has 4 rings (SSSR count). The lowest BCUT2D eigenvalue weighted by Gasteiger charge is -2.08. The maximum Gasteiger partial charge on any atom is 0.224 e. The van der Waals surface area contributed by atoms with E-state index in [4.69, 9.17) is 0 Å². The number of rotatable bonds is 7. The Morgan fingerprint density at radius 3 is 2.59 bits per heavy atom. The quantitative estimate of drug-likeness (QED) is 0.450. The molecule has 2 aromatic carbocycles. The van der Waals surface area contributed by atoms with E-state index in [0.717, 1.165) is 32.0 Å². The van der Waals surface area contributed by atoms with Crippen molar-refractivity contribution in [2.24, 2.45) is 0 Å². The molecule has 4 aromatic rings. The van der Waals surface area contributed by atoms with Crippen molar-refractivity contribution in [3.8, 4) is 10.4 Å². The second kappa shape index (κ2) is 8.79. The third-order valence-electron chi connectivity index (χ3n) is 4.41. The number of aromatic nitrogens is 2. The molecule has 1 amide bonds. The van der Waals surface area contributed by atoms with Crippen LogP contribution in [0.15, 0.2) is 67.0 Å². The molecule has 0 aliphatic carbocycles. The summed E-state index contributed by atoms with van der Waals surface area (Å²) in [5, 5.41) is 7.10. The summed E-state index contributed by atoms with van der Waals surface area (Å²) < 4.78 is 12.9. The Morgan fingerprint density at radius 1 is 1.00 bits per heavy atom. The Morgan fingerprint density at radius 2 is 1.79 bits per heavy atom. The van der Waals surface area contributed by atoms with Crippen LogP contribution in [0.4, 0.5) is 10.2 Å². The zero-order valence-electron chi connectivity index (χ0n) is 15.6. The van der Waals surface area contributed by atoms with Crippen molar-refractivity contribution in [2.45, 2.75) is 6.42 Å². The summed E-state index contributed by atoms with van der Waals surface area (Å²) >= 11 is 1.62. The van der Waals surface area contributed by atoms with E-state index in [1.807, 2.05) is 18.2 Å². The molecular formula is C22H19FN4OS. The Balaban J connectivity index is 1.34. The van der Waals surface area contributed by atoms with Crippen LogP contribution >= 0.6 is 11.3 Å². The Bertz CT molecular complexity index is 1110. The first-order valence-electron chi connectivity index (χ1n) is 9.24. The molecule has 2 heterocycles. The van der Waals surface area contributed by atoms with E-state index in [1.165, 1.54) is 12.1 Å². The number of hydrogen-bond donors (Lipinski definition) is 2. The molecule has 29 heavy (non-hydrogen) atoms. The van der Waals surface area contributed by atoms with Gasteiger partial charge in [-0.1, -0.05) is 42.5 Å². The van der Waals surface area contributed by atoms with Gasteiger partial charge in [0.25, 0.3) is 0 Å². The molecule has 0 radical (unpaired) electrons. The predicted octanol–water partition coefficient (Wildman–Crippen LogP) is 4.27. The van der Waals surface area contributed by atoms with E-state index in [-0.39, 0.29) is 18.1 Å². The van der Waals surface area contributed by atoms with Crippen LogP contribution in [-0.4, -0.2) is 29.0 Å². The molecular weight excluding hydrogens is 387 g/mol. The fourth-order valence-electron chi connectivity index (χ4n) is 2.97. The lowest BCUT2D eigenvalue weighted by atomic mass is 10.1. The maximum atomic E-state index is 12.9. The van der Waals surface area contributed by atoms with Gasteiger partial charge >= 0.3 is 0 Å². The molecule has 146 valence electrons. The van der Waals surface area contributed by atoms with Gasteiger partial charge in [0.1, 0.15) is 22.8 Å². The Hall–Kier alpha value is -3.32. The van der Waals surface area contributed by atoms with Crippen LogP contribution in [0.3, 0.4) is 0 Å². The summed E-state index contributed by atoms with van der Waals surface area (Å²) in [5.41, 5.74) is 1.93. The van der Waals surface area contributed by atoms with Gasteiger partial charge in [-0.3, -0.25) is 4.79 Å². The van der Waals surface area contributed by atoms with Crippen LogP contribution in [0.2, 0.25) is 0 Å². The predicted molar refractivity (Wildman–Crippen MR) is 114 cm³/mol. The van der Waals surface area contributed by atoms with Crippen LogP contribution in [0.5, 0.6) is 0 Å². The van der Waals surface area contributed by atoms with Crippen LogP contribution in [0, 0.1) is 5.82 Å². The second-order valence-corrected chi connectivity index (χ2v) is 7.53. The van der Waals surface area contributed by atoms with E-state index in [2.05, 4.69) is 38.8 Å². The summed E-state index contributed by atoms with van der Waals surface area (Å²) in [5.74, 6) is 0.340. The second-order valence-electron chi connectivity index (χ2n) is 6.50. The summed E-state index contributed by atoms with van der Waals surface area (Å²) in [6.45, 7) is 0.999. The van der Waals surface area contributed by atoms with E-state index in [9.17, 15) is 9.18 Å². The number of halogens is 1. The van der Waals surface area contributed by atoms with Crippen molar-refractivity contribution in [3.05, 3.63) is 78.4 Å². The number of carbonyl (C=O) groups is 1. The first-order valence-corrected chi connectivity index (χ1v) is 10.1. The van der Waals surface area contributed by atoms with Crippen molar-refractivity contribution in [2.75, 3.05) is 18.4 Å². The minimum absolute atomic E-state index is 0.104. The van der Waals surface area contributed by atoms with Gasteiger partial charge in [-0.25, -0.2) is 14.4 Å². The third kappa shape index (κ3) is 4.75. The number of hydrogen-bond acceptors (Lipinski definition) is 5. The maximum absolute atomic E-state index is 12.9. The van der Waals surface area contributed by atoms with Crippen molar-refractivity contribution in [1.29, 1.82) is 0 Å². The highest BCUT2D eigenvalue weighted by Gasteiger charge is 2.10. The van der Waals surface area contributed by atoms with E-state index >= 15 is 0 Å². The van der Waals surface area contributed by atoms with Crippen molar-refractivity contribution >= 4 is 33.3 Å². The Kier molecular flexibility index (Phi) is 5.76. The normalized spacial score (nSPS) is 10.8. The average molecular weight is 406 g/mol. The van der Waals surface area contributed by atoms with Gasteiger partial charge in [0, 0.05) is 18.0 Å². The molecule has 0 unspecified atom stereocenters. The SMILES string of the molecule is O=C(Cc1ccc(F)cc1)NCCNc1ncnc2sc(-c3ccccc3)cc12. The van der Waals surface area contributed by atoms with E-state index < -0.39 is 0 Å². The molecule has 0 bridgehead atoms. The van der Waals surface area contributed by atoms with Gasteiger partial charge in [-0.15, -0.1) is 11.3 Å². The molecule has 0 saturated heterocycles. The monoisotopic (exact) mass is 406 g/mol. The largest absolute Gasteiger partial charge is 0.368 e. The summed E-state index contributed by atoms with van der Waals surface area (Å²) in [4.78, 5) is 22.8. The van der Waals surface area contributed by atoms with Crippen molar-refractivity contribution < 1.29 is 9.18 Å². The number of nitrogens with one attached hydrogen (secondary N) is 2. The van der Waals surface area contributed by atoms with E-state index in [0.29, 0.717) is 13.1 Å². The fraction of sp³-hybridized carbons (Fsp3) is 0.136. The molecule has 0 aliphatic rings. The lowest BCUT2D eigenvalue weighted by molar-refractivity contribution is -0.120. The van der Waals surface area contributed by atoms with Gasteiger partial charge in [0.2, 0.25) is 5.91 Å². The zero-order chi connectivity index (χ0) is 20.1. The molecule has 0 atom stereocenters. The number of thiophene rings is 1. The molecule has 0 aliphatic heterocycles. The Labute approximate surface area is 171 Å². The standard InChI is InChI=1S/C22H19FN4OS/c23-17-8-6-15(7-9-17)12-20(28)24-10-11-25-21-18-13-19(16-4-2-1-3-5-16)29-22(18)27-14-26-21/h1-9,13-14H,10-12H2,(H,24,28)(H,25,26,27). The highest BCUT2D eigenvalue weighted by Crippen LogP contribution is 2.34. The number of nitrogens with zero attached hydrogens (tertiary/aromatic N) is 2. The molecule has 2 N–H and O–H groups in total. The summed E-state index contributed by atoms with van der Waals surface area (Å²) in [7, 11) is 0. The number of anilines is 1. The van der Waals surface area contributed by atoms with Crippen LogP contribution in [-0.2, 0) is 11.2 Å². The van der Waals surface area contributed by atoms with Gasteiger partial charge in [-0.2, -0.15) is 0 Å². The van der Waals surface area contributed by atoms with Crippen LogP contribution in [0.1, 0.15) is 5.56 Å². The topological polar surface area (TPSA) is 66.9 Å². The lowest BCUT2D eigenvalue weighted by Crippen LogP contribution is -2.30. The van der Waals surface area contributed by atoms with Gasteiger partial charge in [-0.05, 0) is 29.3 Å². The number of benzene rings is 2. The average Bonchev–Trinajstić information content (AvgIpc) is 3.19. The minimum atomic E-state index is -0.307. The van der Waals surface area contributed by atoms with Gasteiger partial charge < -0.3 is 10.6 Å². The molecule has 0 saturated carbocycles. The highest BCUT2D eigenvalue weighted by molar-refractivity contribution is 7.21. The molecule has 5 nitrogen and oxygen atoms in total. The van der Waals surface area contributed by atoms with Crippen molar-refractivity contribution in [1.82, 2.24) is 15.3 Å². The molecule has 2 aromatic heterocycles. The smallest absolute Gasteiger partial charge is 0.224 e. The third-order valence-corrected chi connectivity index (χ3v) is 5.50. The number of amides is 1. The van der Waals surface area contributed by atoms with E-state index in [1.54, 1.807) is 29.8 Å². The number of carbonyl (C=O) groups excluding carboxylic acids is 1. The van der Waals surface area contributed by atoms with Crippen molar-refractivity contribution in [3.63, 3.8) is 0 Å². The zero-order valence-corrected chi connectivity index (χ0v) is 16.4. The van der Waals surface area contributed by atoms with Gasteiger partial charge in [0.05, 0.1) is 11.8 Å². The minimum Gasteiger partial charge on any atom is -0.368 e. The summed E-state index contributed by atoms with van der Waals surface area (Å²) in [6, 6.07) is 18.2. The fourth-order valence-corrected chi connectivity index (χ4v) is 3.98. The van der Waals surface area contributed by atoms with Gasteiger partial charge in [0.15, 0.2) is 0 Å².